The summed E-state index contributed by atoms with van der Waals surface area (Å²) in [7, 11) is 0. The van der Waals surface area contributed by atoms with Crippen LogP contribution in [0.4, 0.5) is 4.39 Å². The predicted molar refractivity (Wildman–Crippen MR) is 125 cm³/mol. The number of nitrogens with one attached hydrogen (secondary N) is 1. The number of amides is 1. The molecule has 1 aromatic carbocycles. The summed E-state index contributed by atoms with van der Waals surface area (Å²) in [5, 5.41) is 13.0. The second kappa shape index (κ2) is 10.6. The number of halogens is 1. The van der Waals surface area contributed by atoms with E-state index in [2.05, 4.69) is 5.10 Å². The van der Waals surface area contributed by atoms with Crippen LogP contribution in [0.5, 0.6) is 0 Å². The monoisotopic (exact) mass is 486 g/mol. The summed E-state index contributed by atoms with van der Waals surface area (Å²) >= 11 is 1.24. The van der Waals surface area contributed by atoms with Crippen LogP contribution in [0.1, 0.15) is 43.5 Å². The van der Waals surface area contributed by atoms with Gasteiger partial charge in [-0.1, -0.05) is 30.0 Å². The lowest BCUT2D eigenvalue weighted by Crippen LogP contribution is -2.43. The zero-order valence-electron chi connectivity index (χ0n) is 18.8. The van der Waals surface area contributed by atoms with E-state index in [0.717, 1.165) is 18.4 Å². The molecule has 1 saturated carbocycles. The molecular weight excluding hydrogens is 459 g/mol. The predicted octanol–water partition coefficient (Wildman–Crippen LogP) is 2.99. The van der Waals surface area contributed by atoms with E-state index in [1.54, 1.807) is 35.9 Å². The number of aromatic nitrogens is 2. The molecule has 2 aromatic rings. The Morgan fingerprint density at radius 1 is 1.26 bits per heavy atom. The van der Waals surface area contributed by atoms with Gasteiger partial charge in [-0.2, -0.15) is 5.10 Å². The van der Waals surface area contributed by atoms with Crippen molar-refractivity contribution in [2.75, 3.05) is 13.1 Å². The SMILES string of the molecule is CC(=O)SC1CCN(C(C(=O)C2CC2)c2ccccc2F)C/C1=C/c1ccn(CC(=O)NO)n1. The van der Waals surface area contributed by atoms with E-state index in [0.29, 0.717) is 30.8 Å². The number of thioether (sulfide) groups is 1. The van der Waals surface area contributed by atoms with Gasteiger partial charge in [-0.15, -0.1) is 0 Å². The number of carbonyl (C=O) groups is 3. The summed E-state index contributed by atoms with van der Waals surface area (Å²) < 4.78 is 16.2. The third kappa shape index (κ3) is 5.81. The first kappa shape index (κ1) is 24.3. The first-order chi connectivity index (χ1) is 16.4. The van der Waals surface area contributed by atoms with Crippen LogP contribution in [0, 0.1) is 11.7 Å². The average Bonchev–Trinajstić information content (AvgIpc) is 3.57. The minimum atomic E-state index is -0.675. The van der Waals surface area contributed by atoms with Crippen molar-refractivity contribution < 1.29 is 24.0 Å². The number of likely N-dealkylation sites (tertiary alicyclic amines) is 1. The number of rotatable bonds is 8. The molecule has 10 heteroatoms. The number of hydroxylamine groups is 1. The fourth-order valence-corrected chi connectivity index (χ4v) is 5.23. The highest BCUT2D eigenvalue weighted by molar-refractivity contribution is 8.14. The molecule has 1 amide bonds. The summed E-state index contributed by atoms with van der Waals surface area (Å²) in [6.07, 6.45) is 5.78. The Morgan fingerprint density at radius 2 is 2.03 bits per heavy atom. The van der Waals surface area contributed by atoms with Crippen molar-refractivity contribution in [2.24, 2.45) is 5.92 Å². The molecule has 1 aliphatic heterocycles. The smallest absolute Gasteiger partial charge is 0.265 e. The van der Waals surface area contributed by atoms with Crippen LogP contribution in [-0.4, -0.2) is 55.0 Å². The van der Waals surface area contributed by atoms with Gasteiger partial charge >= 0.3 is 0 Å². The molecule has 2 atom stereocenters. The maximum atomic E-state index is 14.8. The molecule has 0 spiro atoms. The molecule has 2 aliphatic rings. The Morgan fingerprint density at radius 3 is 2.71 bits per heavy atom. The van der Waals surface area contributed by atoms with Crippen molar-refractivity contribution in [1.82, 2.24) is 20.2 Å². The highest BCUT2D eigenvalue weighted by atomic mass is 32.2. The van der Waals surface area contributed by atoms with Gasteiger partial charge in [0.25, 0.3) is 5.91 Å². The Hall–Kier alpha value is -2.82. The molecule has 180 valence electrons. The lowest BCUT2D eigenvalue weighted by molar-refractivity contribution is -0.130. The van der Waals surface area contributed by atoms with Crippen molar-refractivity contribution >= 4 is 34.6 Å². The Bertz CT molecular complexity index is 1110. The van der Waals surface area contributed by atoms with E-state index in [1.165, 1.54) is 29.4 Å². The first-order valence-corrected chi connectivity index (χ1v) is 12.1. The minimum Gasteiger partial charge on any atom is -0.297 e. The summed E-state index contributed by atoms with van der Waals surface area (Å²) in [6, 6.07) is 7.48. The molecule has 2 unspecified atom stereocenters. The second-order valence-corrected chi connectivity index (χ2v) is 10.0. The van der Waals surface area contributed by atoms with E-state index >= 15 is 0 Å². The zero-order valence-corrected chi connectivity index (χ0v) is 19.6. The van der Waals surface area contributed by atoms with Gasteiger partial charge < -0.3 is 0 Å². The third-order valence-electron chi connectivity index (χ3n) is 6.03. The maximum absolute atomic E-state index is 14.8. The van der Waals surface area contributed by atoms with E-state index in [1.807, 2.05) is 11.0 Å². The molecule has 8 nitrogen and oxygen atoms in total. The number of nitrogens with zero attached hydrogens (tertiary/aromatic N) is 3. The highest BCUT2D eigenvalue weighted by Gasteiger charge is 2.41. The van der Waals surface area contributed by atoms with Crippen LogP contribution in [-0.2, 0) is 20.9 Å². The van der Waals surface area contributed by atoms with Crippen molar-refractivity contribution in [3.05, 3.63) is 59.2 Å². The largest absolute Gasteiger partial charge is 0.297 e. The second-order valence-electron chi connectivity index (χ2n) is 8.65. The molecule has 1 aliphatic carbocycles. The molecule has 4 rings (SSSR count). The number of ketones is 1. The van der Waals surface area contributed by atoms with Crippen molar-refractivity contribution in [3.63, 3.8) is 0 Å². The molecule has 34 heavy (non-hydrogen) atoms. The van der Waals surface area contributed by atoms with E-state index in [9.17, 15) is 18.8 Å². The van der Waals surface area contributed by atoms with Crippen molar-refractivity contribution in [3.8, 4) is 0 Å². The van der Waals surface area contributed by atoms with Crippen LogP contribution >= 0.6 is 11.8 Å². The van der Waals surface area contributed by atoms with Gasteiger partial charge in [-0.3, -0.25) is 29.2 Å². The van der Waals surface area contributed by atoms with Gasteiger partial charge in [-0.25, -0.2) is 9.87 Å². The lowest BCUT2D eigenvalue weighted by Gasteiger charge is -2.38. The van der Waals surface area contributed by atoms with E-state index in [4.69, 9.17) is 5.21 Å². The lowest BCUT2D eigenvalue weighted by atomic mass is 9.93. The molecule has 2 N–H and O–H groups in total. The molecular formula is C24H27FN4O4S. The number of benzene rings is 1. The average molecular weight is 487 g/mol. The first-order valence-electron chi connectivity index (χ1n) is 11.2. The number of Topliss-reactive ketones (excluding diaryl/α,β-unsaturated/α-hetero) is 1. The number of hydrogen-bond donors (Lipinski definition) is 2. The normalized spacial score (nSPS) is 20.8. The molecule has 0 bridgehead atoms. The quantitative estimate of drug-likeness (QED) is 0.437. The Labute approximate surface area is 201 Å². The van der Waals surface area contributed by atoms with Gasteiger partial charge in [0.1, 0.15) is 12.4 Å². The summed E-state index contributed by atoms with van der Waals surface area (Å²) in [5.41, 5.74) is 3.46. The van der Waals surface area contributed by atoms with Gasteiger partial charge in [0.15, 0.2) is 10.9 Å². The molecule has 2 fully saturated rings. The standard InChI is InChI=1S/C24H27FN4O4S/c1-15(30)34-21-9-10-28(13-17(21)12-18-8-11-29(26-18)14-22(31)27-33)23(24(32)16-6-7-16)19-4-2-3-5-20(19)25/h2-5,8,11-12,16,21,23,33H,6-7,9-10,13-14H2,1H3,(H,27,31)/b17-12-. The molecule has 1 saturated heterocycles. The number of carbonyl (C=O) groups excluding carboxylic acids is 3. The van der Waals surface area contributed by atoms with E-state index < -0.39 is 17.8 Å². The van der Waals surface area contributed by atoms with Crippen LogP contribution in [0.3, 0.4) is 0 Å². The fourth-order valence-electron chi connectivity index (χ4n) is 4.31. The minimum absolute atomic E-state index is 0.00536. The van der Waals surface area contributed by atoms with Crippen LogP contribution < -0.4 is 5.48 Å². The topological polar surface area (TPSA) is 105 Å². The van der Waals surface area contributed by atoms with Crippen LogP contribution in [0.2, 0.25) is 0 Å². The third-order valence-corrected chi connectivity index (χ3v) is 7.18. The number of piperidine rings is 1. The molecule has 1 aromatic heterocycles. The molecule has 2 heterocycles. The Kier molecular flexibility index (Phi) is 7.60. The van der Waals surface area contributed by atoms with Gasteiger partial charge in [0.2, 0.25) is 0 Å². The summed E-state index contributed by atoms with van der Waals surface area (Å²) in [5.74, 6) is -0.980. The van der Waals surface area contributed by atoms with Crippen LogP contribution in [0.25, 0.3) is 6.08 Å². The summed E-state index contributed by atoms with van der Waals surface area (Å²) in [6.45, 7) is 2.34. The number of hydrogen-bond acceptors (Lipinski definition) is 7. The summed E-state index contributed by atoms with van der Waals surface area (Å²) in [4.78, 5) is 38.6. The van der Waals surface area contributed by atoms with Gasteiger partial charge in [0, 0.05) is 42.9 Å². The van der Waals surface area contributed by atoms with E-state index in [-0.39, 0.29) is 28.6 Å². The Balaban J connectivity index is 1.63. The van der Waals surface area contributed by atoms with Crippen molar-refractivity contribution in [2.45, 2.75) is 44.0 Å². The van der Waals surface area contributed by atoms with Crippen LogP contribution in [0.15, 0.2) is 42.1 Å². The van der Waals surface area contributed by atoms with Gasteiger partial charge in [-0.05, 0) is 43.0 Å². The highest BCUT2D eigenvalue weighted by Crippen LogP contribution is 2.40. The van der Waals surface area contributed by atoms with Crippen molar-refractivity contribution in [1.29, 1.82) is 0 Å². The molecule has 0 radical (unpaired) electrons. The van der Waals surface area contributed by atoms with Gasteiger partial charge in [0.05, 0.1) is 11.7 Å². The maximum Gasteiger partial charge on any atom is 0.265 e. The fraction of sp³-hybridized carbons (Fsp3) is 0.417. The zero-order chi connectivity index (χ0) is 24.2.